The Balaban J connectivity index is 2.20. The van der Waals surface area contributed by atoms with Crippen molar-refractivity contribution >= 4 is 27.5 Å². The van der Waals surface area contributed by atoms with Gasteiger partial charge in [-0.25, -0.2) is 0 Å². The average molecular weight is 368 g/mol. The fraction of sp³-hybridized carbons (Fsp3) is 0.294. The van der Waals surface area contributed by atoms with Crippen LogP contribution in [0.15, 0.2) is 46.9 Å². The molecule has 1 unspecified atom stereocenters. The Morgan fingerprint density at radius 2 is 1.81 bits per heavy atom. The Labute approximate surface area is 139 Å². The van der Waals surface area contributed by atoms with Crippen molar-refractivity contribution in [3.05, 3.63) is 68.7 Å². The van der Waals surface area contributed by atoms with Crippen LogP contribution in [0, 0.1) is 0 Å². The van der Waals surface area contributed by atoms with E-state index >= 15 is 0 Å². The van der Waals surface area contributed by atoms with E-state index in [1.165, 1.54) is 11.1 Å². The zero-order chi connectivity index (χ0) is 15.4. The summed E-state index contributed by atoms with van der Waals surface area (Å²) in [6.07, 6.45) is 0.813. The first-order chi connectivity index (χ1) is 10.0. The molecule has 0 saturated heterocycles. The highest BCUT2D eigenvalue weighted by molar-refractivity contribution is 9.10. The highest BCUT2D eigenvalue weighted by atomic mass is 79.9. The van der Waals surface area contributed by atoms with Gasteiger partial charge in [-0.1, -0.05) is 65.6 Å². The van der Waals surface area contributed by atoms with Crippen LogP contribution in [0.4, 0.5) is 0 Å². The van der Waals surface area contributed by atoms with Crippen LogP contribution in [-0.4, -0.2) is 0 Å². The first-order valence-electron chi connectivity index (χ1n) is 7.01. The van der Waals surface area contributed by atoms with Gasteiger partial charge in [0.25, 0.3) is 0 Å². The van der Waals surface area contributed by atoms with Crippen LogP contribution in [0.5, 0.6) is 0 Å². The van der Waals surface area contributed by atoms with Crippen LogP contribution in [0.3, 0.4) is 0 Å². The lowest BCUT2D eigenvalue weighted by atomic mass is 9.96. The lowest BCUT2D eigenvalue weighted by Crippen LogP contribution is -2.29. The molecule has 0 saturated carbocycles. The van der Waals surface area contributed by atoms with E-state index < -0.39 is 0 Å². The van der Waals surface area contributed by atoms with Crippen LogP contribution in [0.25, 0.3) is 0 Å². The standard InChI is InChI=1S/C17H20BrClN2/c1-11(2)13-5-3-12(4-6-13)9-17(21-20)15-10-14(19)7-8-16(15)18/h3-8,10-11,17,21H,9,20H2,1-2H3. The van der Waals surface area contributed by atoms with Crippen molar-refractivity contribution in [2.24, 2.45) is 5.84 Å². The minimum Gasteiger partial charge on any atom is -0.271 e. The first kappa shape index (κ1) is 16.5. The van der Waals surface area contributed by atoms with Crippen LogP contribution in [0.2, 0.25) is 5.02 Å². The SMILES string of the molecule is CC(C)c1ccc(CC(NN)c2cc(Cl)ccc2Br)cc1. The molecule has 2 aromatic rings. The maximum absolute atomic E-state index is 6.09. The predicted octanol–water partition coefficient (Wildman–Crippen LogP) is 4.97. The Bertz CT molecular complexity index is 596. The lowest BCUT2D eigenvalue weighted by Gasteiger charge is -2.19. The van der Waals surface area contributed by atoms with Gasteiger partial charge in [0.15, 0.2) is 0 Å². The van der Waals surface area contributed by atoms with Crippen molar-refractivity contribution in [1.29, 1.82) is 0 Å². The molecule has 0 aliphatic rings. The third-order valence-corrected chi connectivity index (χ3v) is 4.58. The summed E-state index contributed by atoms with van der Waals surface area (Å²) in [7, 11) is 0. The molecule has 0 radical (unpaired) electrons. The molecule has 4 heteroatoms. The summed E-state index contributed by atoms with van der Waals surface area (Å²) >= 11 is 9.65. The number of nitrogens with two attached hydrogens (primary N) is 1. The molecule has 0 amide bonds. The van der Waals surface area contributed by atoms with E-state index in [9.17, 15) is 0 Å². The van der Waals surface area contributed by atoms with Crippen molar-refractivity contribution in [2.45, 2.75) is 32.2 Å². The van der Waals surface area contributed by atoms with Gasteiger partial charge in [-0.2, -0.15) is 0 Å². The molecule has 0 aromatic heterocycles. The number of benzene rings is 2. The molecule has 21 heavy (non-hydrogen) atoms. The summed E-state index contributed by atoms with van der Waals surface area (Å²) in [6.45, 7) is 4.39. The van der Waals surface area contributed by atoms with Gasteiger partial charge >= 0.3 is 0 Å². The van der Waals surface area contributed by atoms with Crippen LogP contribution < -0.4 is 11.3 Å². The Kier molecular flexibility index (Phi) is 5.82. The minimum atomic E-state index is 0.0166. The van der Waals surface area contributed by atoms with Crippen molar-refractivity contribution in [3.8, 4) is 0 Å². The fourth-order valence-electron chi connectivity index (χ4n) is 2.31. The fourth-order valence-corrected chi connectivity index (χ4v) is 3.02. The normalized spacial score (nSPS) is 12.7. The van der Waals surface area contributed by atoms with Crippen molar-refractivity contribution in [1.82, 2.24) is 5.43 Å². The van der Waals surface area contributed by atoms with Gasteiger partial charge in [0.2, 0.25) is 0 Å². The highest BCUT2D eigenvalue weighted by Gasteiger charge is 2.14. The molecular weight excluding hydrogens is 348 g/mol. The van der Waals surface area contributed by atoms with Crippen molar-refractivity contribution in [2.75, 3.05) is 0 Å². The Hall–Kier alpha value is -0.870. The van der Waals surface area contributed by atoms with E-state index in [1.807, 2.05) is 18.2 Å². The topological polar surface area (TPSA) is 38.0 Å². The average Bonchev–Trinajstić information content (AvgIpc) is 2.48. The predicted molar refractivity (Wildman–Crippen MR) is 93.5 cm³/mol. The van der Waals surface area contributed by atoms with Crippen LogP contribution >= 0.6 is 27.5 Å². The zero-order valence-electron chi connectivity index (χ0n) is 12.2. The number of hydrazine groups is 1. The second-order valence-corrected chi connectivity index (χ2v) is 6.78. The number of hydrogen-bond donors (Lipinski definition) is 2. The van der Waals surface area contributed by atoms with Gasteiger partial charge in [0.1, 0.15) is 0 Å². The van der Waals surface area contributed by atoms with Gasteiger partial charge in [0, 0.05) is 9.50 Å². The monoisotopic (exact) mass is 366 g/mol. The third kappa shape index (κ3) is 4.30. The quantitative estimate of drug-likeness (QED) is 0.578. The van der Waals surface area contributed by atoms with E-state index in [0.717, 1.165) is 16.5 Å². The molecule has 3 N–H and O–H groups in total. The number of halogens is 2. The van der Waals surface area contributed by atoms with E-state index in [4.69, 9.17) is 17.4 Å². The second kappa shape index (κ2) is 7.41. The summed E-state index contributed by atoms with van der Waals surface area (Å²) in [5.41, 5.74) is 6.54. The maximum Gasteiger partial charge on any atom is 0.0511 e. The molecule has 2 rings (SSSR count). The summed E-state index contributed by atoms with van der Waals surface area (Å²) in [6, 6.07) is 14.5. The van der Waals surface area contributed by atoms with E-state index in [2.05, 4.69) is 59.5 Å². The highest BCUT2D eigenvalue weighted by Crippen LogP contribution is 2.29. The Morgan fingerprint density at radius 1 is 1.14 bits per heavy atom. The van der Waals surface area contributed by atoms with E-state index in [0.29, 0.717) is 10.9 Å². The molecule has 0 aliphatic carbocycles. The smallest absolute Gasteiger partial charge is 0.0511 e. The van der Waals surface area contributed by atoms with Gasteiger partial charge < -0.3 is 0 Å². The lowest BCUT2D eigenvalue weighted by molar-refractivity contribution is 0.550. The van der Waals surface area contributed by atoms with E-state index in [1.54, 1.807) is 0 Å². The molecule has 0 fully saturated rings. The van der Waals surface area contributed by atoms with Gasteiger partial charge in [0.05, 0.1) is 6.04 Å². The second-order valence-electron chi connectivity index (χ2n) is 5.49. The molecule has 2 aromatic carbocycles. The maximum atomic E-state index is 6.09. The van der Waals surface area contributed by atoms with E-state index in [-0.39, 0.29) is 6.04 Å². The molecule has 2 nitrogen and oxygen atoms in total. The molecule has 0 bridgehead atoms. The molecule has 112 valence electrons. The summed E-state index contributed by atoms with van der Waals surface area (Å²) in [5.74, 6) is 6.28. The largest absolute Gasteiger partial charge is 0.271 e. The number of rotatable bonds is 5. The Morgan fingerprint density at radius 3 is 2.38 bits per heavy atom. The van der Waals surface area contributed by atoms with Crippen molar-refractivity contribution in [3.63, 3.8) is 0 Å². The zero-order valence-corrected chi connectivity index (χ0v) is 14.6. The summed E-state index contributed by atoms with van der Waals surface area (Å²) in [4.78, 5) is 0. The summed E-state index contributed by atoms with van der Waals surface area (Å²) < 4.78 is 1.01. The molecule has 0 spiro atoms. The van der Waals surface area contributed by atoms with Crippen LogP contribution in [-0.2, 0) is 6.42 Å². The van der Waals surface area contributed by atoms with Crippen LogP contribution in [0.1, 0.15) is 42.5 Å². The summed E-state index contributed by atoms with van der Waals surface area (Å²) in [5, 5.41) is 0.712. The minimum absolute atomic E-state index is 0.0166. The van der Waals surface area contributed by atoms with Gasteiger partial charge in [-0.15, -0.1) is 0 Å². The first-order valence-corrected chi connectivity index (χ1v) is 8.18. The van der Waals surface area contributed by atoms with Gasteiger partial charge in [-0.05, 0) is 47.2 Å². The molecule has 0 heterocycles. The van der Waals surface area contributed by atoms with Gasteiger partial charge in [-0.3, -0.25) is 11.3 Å². The third-order valence-electron chi connectivity index (χ3n) is 3.62. The molecule has 1 atom stereocenters. The number of hydrogen-bond acceptors (Lipinski definition) is 2. The molecular formula is C17H20BrClN2. The molecule has 0 aliphatic heterocycles. The number of nitrogens with one attached hydrogen (secondary N) is 1. The van der Waals surface area contributed by atoms with Crippen molar-refractivity contribution < 1.29 is 0 Å².